The first-order valence-corrected chi connectivity index (χ1v) is 4.21. The first kappa shape index (κ1) is 8.06. The second-order valence-electron chi connectivity index (χ2n) is 2.73. The maximum Gasteiger partial charge on any atom is 0.0497 e. The van der Waals surface area contributed by atoms with Crippen molar-refractivity contribution in [1.29, 1.82) is 0 Å². The van der Waals surface area contributed by atoms with Gasteiger partial charge in [0.05, 0.1) is 0 Å². The van der Waals surface area contributed by atoms with Crippen LogP contribution in [0.4, 0.5) is 0 Å². The first-order valence-electron chi connectivity index (χ1n) is 4.21. The van der Waals surface area contributed by atoms with Gasteiger partial charge in [-0.2, -0.15) is 0 Å². The topological polar surface area (TPSA) is 9.23 Å². The molecule has 1 rings (SSSR count). The maximum absolute atomic E-state index is 5.32. The molecular weight excluding hydrogens is 124 g/mol. The van der Waals surface area contributed by atoms with E-state index in [9.17, 15) is 0 Å². The highest BCUT2D eigenvalue weighted by atomic mass is 16.5. The van der Waals surface area contributed by atoms with E-state index in [4.69, 9.17) is 4.74 Å². The number of hydrogen-bond donors (Lipinski definition) is 0. The van der Waals surface area contributed by atoms with Gasteiger partial charge in [-0.05, 0) is 25.7 Å². The first-order chi connectivity index (χ1) is 5.00. The van der Waals surface area contributed by atoms with E-state index in [1.54, 1.807) is 0 Å². The van der Waals surface area contributed by atoms with Crippen LogP contribution in [0.15, 0.2) is 0 Å². The van der Waals surface area contributed by atoms with Crippen LogP contribution in [-0.2, 0) is 4.74 Å². The molecule has 10 heavy (non-hydrogen) atoms. The summed E-state index contributed by atoms with van der Waals surface area (Å²) in [6.45, 7) is 1.77. The Labute approximate surface area is 63.8 Å². The third-order valence-electron chi connectivity index (χ3n) is 1.77. The van der Waals surface area contributed by atoms with Gasteiger partial charge in [0.15, 0.2) is 0 Å². The van der Waals surface area contributed by atoms with Gasteiger partial charge in [0.2, 0.25) is 0 Å². The van der Waals surface area contributed by atoms with E-state index in [-0.39, 0.29) is 0 Å². The average Bonchev–Trinajstić information content (AvgIpc) is 2.01. The zero-order chi connectivity index (χ0) is 7.07. The molecule has 1 heteroatoms. The fraction of sp³-hybridized carbons (Fsp3) is 0.778. The minimum Gasteiger partial charge on any atom is -0.381 e. The Hall–Kier alpha value is -0.0400. The molecule has 0 amide bonds. The highest BCUT2D eigenvalue weighted by molar-refractivity contribution is 4.69. The molecule has 1 aliphatic rings. The van der Waals surface area contributed by atoms with Gasteiger partial charge in [0.1, 0.15) is 0 Å². The molecule has 0 N–H and O–H groups in total. The molecule has 1 fully saturated rings. The number of ether oxygens (including phenoxy) is 1. The molecule has 1 nitrogen and oxygen atoms in total. The molecule has 0 aromatic heterocycles. The Morgan fingerprint density at radius 1 is 0.900 bits per heavy atom. The Morgan fingerprint density at radius 2 is 1.70 bits per heavy atom. The van der Waals surface area contributed by atoms with Crippen LogP contribution in [0.3, 0.4) is 0 Å². The van der Waals surface area contributed by atoms with E-state index in [1.807, 2.05) is 0 Å². The third-order valence-corrected chi connectivity index (χ3v) is 1.77. The van der Waals surface area contributed by atoms with Crippen molar-refractivity contribution in [2.75, 3.05) is 13.2 Å². The molecule has 0 saturated carbocycles. The lowest BCUT2D eigenvalue weighted by molar-refractivity contribution is 0.152. The van der Waals surface area contributed by atoms with Crippen LogP contribution in [0.25, 0.3) is 0 Å². The van der Waals surface area contributed by atoms with Crippen LogP contribution >= 0.6 is 0 Å². The average molecular weight is 140 g/mol. The summed E-state index contributed by atoms with van der Waals surface area (Å²) in [6.07, 6.45) is 10.9. The van der Waals surface area contributed by atoms with E-state index in [0.717, 1.165) is 19.6 Å². The predicted octanol–water partition coefficient (Wildman–Crippen LogP) is 2.38. The Bertz CT molecular complexity index is 37.9. The molecule has 0 aromatic carbocycles. The lowest BCUT2D eigenvalue weighted by Crippen LogP contribution is -1.99. The minimum atomic E-state index is 0.855. The highest BCUT2D eigenvalue weighted by Gasteiger charge is 1.96. The van der Waals surface area contributed by atoms with Crippen molar-refractivity contribution in [3.05, 3.63) is 12.8 Å². The van der Waals surface area contributed by atoms with Gasteiger partial charge in [0.25, 0.3) is 0 Å². The molecule has 1 saturated heterocycles. The van der Waals surface area contributed by atoms with Crippen molar-refractivity contribution < 1.29 is 4.74 Å². The summed E-state index contributed by atoms with van der Waals surface area (Å²) in [5, 5.41) is 0. The molecule has 1 heterocycles. The predicted molar refractivity (Wildman–Crippen MR) is 42.5 cm³/mol. The van der Waals surface area contributed by atoms with Gasteiger partial charge in [0, 0.05) is 13.2 Å². The van der Waals surface area contributed by atoms with E-state index in [0.29, 0.717) is 0 Å². The quantitative estimate of drug-likeness (QED) is 0.502. The fourth-order valence-corrected chi connectivity index (χ4v) is 1.14. The summed E-state index contributed by atoms with van der Waals surface area (Å²) in [5.74, 6) is 0. The lowest BCUT2D eigenvalue weighted by atomic mass is 10.1. The van der Waals surface area contributed by atoms with E-state index < -0.39 is 0 Å². The maximum atomic E-state index is 5.32. The van der Waals surface area contributed by atoms with Crippen molar-refractivity contribution >= 4 is 0 Å². The van der Waals surface area contributed by atoms with Crippen LogP contribution in [0.5, 0.6) is 0 Å². The summed E-state index contributed by atoms with van der Waals surface area (Å²) in [7, 11) is 0. The molecule has 58 valence electrons. The highest BCUT2D eigenvalue weighted by Crippen LogP contribution is 2.08. The second kappa shape index (κ2) is 5.72. The molecular formula is C9H16O. The number of rotatable bonds is 0. The van der Waals surface area contributed by atoms with Gasteiger partial charge in [-0.15, -0.1) is 0 Å². The van der Waals surface area contributed by atoms with E-state index in [2.05, 4.69) is 12.8 Å². The second-order valence-corrected chi connectivity index (χ2v) is 2.73. The molecule has 0 atom stereocenters. The molecule has 2 radical (unpaired) electrons. The summed E-state index contributed by atoms with van der Waals surface area (Å²) in [6, 6.07) is 0. The van der Waals surface area contributed by atoms with Crippen LogP contribution in [0.2, 0.25) is 0 Å². The van der Waals surface area contributed by atoms with Gasteiger partial charge in [-0.25, -0.2) is 0 Å². The number of hydrogen-bond acceptors (Lipinski definition) is 1. The molecule has 0 aliphatic carbocycles. The zero-order valence-corrected chi connectivity index (χ0v) is 6.51. The van der Waals surface area contributed by atoms with Crippen LogP contribution < -0.4 is 0 Å². The zero-order valence-electron chi connectivity index (χ0n) is 6.51. The third kappa shape index (κ3) is 3.89. The lowest BCUT2D eigenvalue weighted by Gasteiger charge is -2.06. The molecule has 0 bridgehead atoms. The van der Waals surface area contributed by atoms with Crippen molar-refractivity contribution in [1.82, 2.24) is 0 Å². The van der Waals surface area contributed by atoms with E-state index in [1.165, 1.54) is 25.7 Å². The Kier molecular flexibility index (Phi) is 4.61. The normalized spacial score (nSPS) is 24.0. The Morgan fingerprint density at radius 3 is 2.60 bits per heavy atom. The smallest absolute Gasteiger partial charge is 0.0497 e. The largest absolute Gasteiger partial charge is 0.381 e. The summed E-state index contributed by atoms with van der Waals surface area (Å²) < 4.78 is 5.32. The van der Waals surface area contributed by atoms with Crippen molar-refractivity contribution in [3.8, 4) is 0 Å². The SMILES string of the molecule is [CH]1CCCC[CH]COCC1. The minimum absolute atomic E-state index is 0.855. The summed E-state index contributed by atoms with van der Waals surface area (Å²) in [4.78, 5) is 0. The molecule has 1 aliphatic heterocycles. The molecule has 0 spiro atoms. The monoisotopic (exact) mass is 140 g/mol. The molecule has 0 aromatic rings. The van der Waals surface area contributed by atoms with Crippen LogP contribution in [-0.4, -0.2) is 13.2 Å². The van der Waals surface area contributed by atoms with Crippen molar-refractivity contribution in [2.45, 2.75) is 32.1 Å². The Balaban J connectivity index is 2.00. The molecule has 0 unspecified atom stereocenters. The van der Waals surface area contributed by atoms with Crippen molar-refractivity contribution in [3.63, 3.8) is 0 Å². The summed E-state index contributed by atoms with van der Waals surface area (Å²) >= 11 is 0. The standard InChI is InChI=1S/C9H16O/c1-2-4-6-8-10-9-7-5-3-1/h4,7H,1-3,5-6,8-9H2. The van der Waals surface area contributed by atoms with Gasteiger partial charge >= 0.3 is 0 Å². The summed E-state index contributed by atoms with van der Waals surface area (Å²) in [5.41, 5.74) is 0. The van der Waals surface area contributed by atoms with Gasteiger partial charge < -0.3 is 4.74 Å². The van der Waals surface area contributed by atoms with Gasteiger partial charge in [-0.1, -0.05) is 19.3 Å². The van der Waals surface area contributed by atoms with Crippen molar-refractivity contribution in [2.24, 2.45) is 0 Å². The van der Waals surface area contributed by atoms with Crippen LogP contribution in [0, 0.1) is 12.8 Å². The van der Waals surface area contributed by atoms with E-state index >= 15 is 0 Å². The fourth-order valence-electron chi connectivity index (χ4n) is 1.14. The van der Waals surface area contributed by atoms with Crippen LogP contribution in [0.1, 0.15) is 32.1 Å². The van der Waals surface area contributed by atoms with Gasteiger partial charge in [-0.3, -0.25) is 0 Å².